The number of aromatic amines is 1. The Labute approximate surface area is 218 Å². The van der Waals surface area contributed by atoms with Gasteiger partial charge in [-0.05, 0) is 50.7 Å². The highest BCUT2D eigenvalue weighted by Crippen LogP contribution is 2.35. The van der Waals surface area contributed by atoms with Crippen LogP contribution in [0, 0.1) is 4.77 Å². The van der Waals surface area contributed by atoms with Crippen molar-refractivity contribution in [1.29, 1.82) is 0 Å². The van der Waals surface area contributed by atoms with Crippen LogP contribution < -0.4 is 5.56 Å². The van der Waals surface area contributed by atoms with Gasteiger partial charge in [0.2, 0.25) is 5.82 Å². The molecule has 196 valence electrons. The molecule has 0 aliphatic carbocycles. The van der Waals surface area contributed by atoms with E-state index in [2.05, 4.69) is 9.97 Å². The summed E-state index contributed by atoms with van der Waals surface area (Å²) in [4.78, 5) is 47.2. The molecule has 0 saturated carbocycles. The Morgan fingerprint density at radius 3 is 2.68 bits per heavy atom. The van der Waals surface area contributed by atoms with E-state index in [1.807, 2.05) is 0 Å². The third kappa shape index (κ3) is 4.92. The molecule has 0 radical (unpaired) electrons. The second-order valence-electron chi connectivity index (χ2n) is 8.46. The van der Waals surface area contributed by atoms with Gasteiger partial charge in [-0.15, -0.1) is 0 Å². The normalized spacial score (nSPS) is 15.4. The molecule has 0 bridgehead atoms. The molecule has 0 fully saturated rings. The van der Waals surface area contributed by atoms with Crippen molar-refractivity contribution < 1.29 is 27.5 Å². The Hall–Kier alpha value is -3.45. The lowest BCUT2D eigenvalue weighted by Gasteiger charge is -2.34. The van der Waals surface area contributed by atoms with Crippen LogP contribution in [0.4, 0.5) is 13.2 Å². The Morgan fingerprint density at radius 2 is 2.03 bits per heavy atom. The van der Waals surface area contributed by atoms with Crippen LogP contribution in [-0.2, 0) is 30.9 Å². The van der Waals surface area contributed by atoms with E-state index in [1.165, 1.54) is 21.7 Å². The molecule has 1 aliphatic rings. The molecule has 1 aliphatic heterocycles. The van der Waals surface area contributed by atoms with Crippen molar-refractivity contribution >= 4 is 35.7 Å². The molecule has 1 atom stereocenters. The van der Waals surface area contributed by atoms with Crippen molar-refractivity contribution in [2.24, 2.45) is 7.05 Å². The van der Waals surface area contributed by atoms with Crippen LogP contribution in [-0.4, -0.2) is 48.5 Å². The highest BCUT2D eigenvalue weighted by atomic mass is 35.5. The second kappa shape index (κ2) is 9.78. The number of alkyl halides is 3. The topological polar surface area (TPSA) is 102 Å². The van der Waals surface area contributed by atoms with Crippen LogP contribution in [0.3, 0.4) is 0 Å². The molecule has 2 aromatic heterocycles. The van der Waals surface area contributed by atoms with Crippen molar-refractivity contribution in [2.45, 2.75) is 39.0 Å². The highest BCUT2D eigenvalue weighted by Gasteiger charge is 2.36. The Balaban J connectivity index is 1.70. The monoisotopic (exact) mass is 555 g/mol. The number of halogens is 4. The third-order valence-corrected chi connectivity index (χ3v) is 6.59. The number of esters is 1. The standard InChI is InChI=1S/C23H21ClF3N5O4S/c1-4-36-21(35)18-29-17(10-30(18)3)32-20(34)13-7-11(2)31(9-16(13)28-22(32)37)19(33)12-5-6-15(24)14(8-12)23(25,26)27/h5-6,8,10-11H,4,7,9H2,1-3H3,(H,28,37)/t11-/m1/s1. The van der Waals surface area contributed by atoms with Crippen molar-refractivity contribution in [3.63, 3.8) is 0 Å². The van der Waals surface area contributed by atoms with E-state index >= 15 is 0 Å². The summed E-state index contributed by atoms with van der Waals surface area (Å²) in [6, 6.07) is 2.46. The first-order valence-corrected chi connectivity index (χ1v) is 11.9. The summed E-state index contributed by atoms with van der Waals surface area (Å²) in [5.74, 6) is -1.20. The molecule has 9 nitrogen and oxygen atoms in total. The minimum absolute atomic E-state index is 0.0119. The van der Waals surface area contributed by atoms with Gasteiger partial charge in [0.25, 0.3) is 11.5 Å². The molecule has 1 amide bonds. The fourth-order valence-electron chi connectivity index (χ4n) is 4.16. The molecular formula is C23H21ClF3N5O4S. The molecule has 1 aromatic carbocycles. The van der Waals surface area contributed by atoms with Crippen LogP contribution in [0.1, 0.15) is 51.6 Å². The SMILES string of the molecule is CCOC(=O)c1nc(-n2c(=S)[nH]c3c(c2=O)C[C@@H](C)N(C(=O)c2ccc(Cl)c(C(F)(F)F)c2)C3)cn1C. The smallest absolute Gasteiger partial charge is 0.417 e. The number of nitrogens with zero attached hydrogens (tertiary/aromatic N) is 4. The van der Waals surface area contributed by atoms with Gasteiger partial charge < -0.3 is 19.2 Å². The first-order valence-electron chi connectivity index (χ1n) is 11.1. The van der Waals surface area contributed by atoms with Gasteiger partial charge in [-0.1, -0.05) is 11.6 Å². The molecule has 3 aromatic rings. The highest BCUT2D eigenvalue weighted by molar-refractivity contribution is 7.71. The van der Waals surface area contributed by atoms with Crippen molar-refractivity contribution in [3.8, 4) is 5.82 Å². The third-order valence-electron chi connectivity index (χ3n) is 5.98. The van der Waals surface area contributed by atoms with Gasteiger partial charge >= 0.3 is 12.1 Å². The average Bonchev–Trinajstić information content (AvgIpc) is 3.19. The number of benzene rings is 1. The predicted molar refractivity (Wildman–Crippen MR) is 129 cm³/mol. The fraction of sp³-hybridized carbons (Fsp3) is 0.348. The van der Waals surface area contributed by atoms with Crippen LogP contribution >= 0.6 is 23.8 Å². The maximum absolute atomic E-state index is 13.4. The van der Waals surface area contributed by atoms with Gasteiger partial charge in [0.15, 0.2) is 10.6 Å². The maximum Gasteiger partial charge on any atom is 0.417 e. The minimum Gasteiger partial charge on any atom is -0.460 e. The molecule has 0 saturated heterocycles. The van der Waals surface area contributed by atoms with E-state index in [9.17, 15) is 27.6 Å². The number of carbonyl (C=O) groups is 2. The number of nitrogens with one attached hydrogen (secondary N) is 1. The van der Waals surface area contributed by atoms with Gasteiger partial charge in [0, 0.05) is 36.1 Å². The van der Waals surface area contributed by atoms with Crippen molar-refractivity contribution in [3.05, 3.63) is 72.8 Å². The van der Waals surface area contributed by atoms with E-state index in [1.54, 1.807) is 20.9 Å². The molecular weight excluding hydrogens is 535 g/mol. The molecule has 14 heteroatoms. The second-order valence-corrected chi connectivity index (χ2v) is 9.25. The summed E-state index contributed by atoms with van der Waals surface area (Å²) in [5, 5.41) is -0.508. The molecule has 37 heavy (non-hydrogen) atoms. The van der Waals surface area contributed by atoms with Crippen LogP contribution in [0.25, 0.3) is 5.82 Å². The van der Waals surface area contributed by atoms with E-state index in [0.29, 0.717) is 11.3 Å². The van der Waals surface area contributed by atoms with E-state index in [-0.39, 0.29) is 41.5 Å². The summed E-state index contributed by atoms with van der Waals surface area (Å²) >= 11 is 11.1. The Kier molecular flexibility index (Phi) is 7.04. The number of amides is 1. The summed E-state index contributed by atoms with van der Waals surface area (Å²) in [7, 11) is 1.57. The number of imidazole rings is 1. The van der Waals surface area contributed by atoms with E-state index in [0.717, 1.165) is 16.7 Å². The fourth-order valence-corrected chi connectivity index (χ4v) is 4.68. The van der Waals surface area contributed by atoms with Crippen molar-refractivity contribution in [2.75, 3.05) is 6.61 Å². The van der Waals surface area contributed by atoms with Gasteiger partial charge in [-0.2, -0.15) is 13.2 Å². The largest absolute Gasteiger partial charge is 0.460 e. The number of fused-ring (bicyclic) bond motifs is 1. The lowest BCUT2D eigenvalue weighted by Crippen LogP contribution is -2.46. The molecule has 4 rings (SSSR count). The number of rotatable bonds is 4. The molecule has 0 spiro atoms. The lowest BCUT2D eigenvalue weighted by atomic mass is 9.98. The number of ether oxygens (including phenoxy) is 1. The zero-order valence-corrected chi connectivity index (χ0v) is 21.4. The number of aryl methyl sites for hydroxylation is 1. The zero-order valence-electron chi connectivity index (χ0n) is 19.9. The molecule has 3 heterocycles. The number of carbonyl (C=O) groups excluding carboxylic acids is 2. The Morgan fingerprint density at radius 1 is 1.32 bits per heavy atom. The van der Waals surface area contributed by atoms with Crippen molar-refractivity contribution in [1.82, 2.24) is 24.0 Å². The van der Waals surface area contributed by atoms with Gasteiger partial charge in [-0.25, -0.2) is 14.3 Å². The van der Waals surface area contributed by atoms with Gasteiger partial charge in [0.1, 0.15) is 0 Å². The zero-order chi connectivity index (χ0) is 27.2. The Bertz CT molecular complexity index is 1530. The number of aromatic nitrogens is 4. The quantitative estimate of drug-likeness (QED) is 0.385. The first-order chi connectivity index (χ1) is 17.3. The summed E-state index contributed by atoms with van der Waals surface area (Å²) in [6.07, 6.45) is -3.14. The number of hydrogen-bond donors (Lipinski definition) is 1. The average molecular weight is 556 g/mol. The lowest BCUT2D eigenvalue weighted by molar-refractivity contribution is -0.137. The van der Waals surface area contributed by atoms with Gasteiger partial charge in [-0.3, -0.25) is 9.59 Å². The minimum atomic E-state index is -4.72. The first kappa shape index (κ1) is 26.6. The van der Waals surface area contributed by atoms with Crippen LogP contribution in [0.2, 0.25) is 5.02 Å². The molecule has 0 unspecified atom stereocenters. The number of hydrogen-bond acceptors (Lipinski definition) is 6. The summed E-state index contributed by atoms with van der Waals surface area (Å²) in [5.41, 5.74) is -1.05. The van der Waals surface area contributed by atoms with E-state index in [4.69, 9.17) is 28.6 Å². The van der Waals surface area contributed by atoms with Gasteiger partial charge in [0.05, 0.1) is 23.7 Å². The maximum atomic E-state index is 13.4. The van der Waals surface area contributed by atoms with Crippen LogP contribution in [0.5, 0.6) is 0 Å². The summed E-state index contributed by atoms with van der Waals surface area (Å²) < 4.78 is 47.4. The molecule has 1 N–H and O–H groups in total. The van der Waals surface area contributed by atoms with E-state index < -0.39 is 40.2 Å². The number of H-pyrrole nitrogens is 1. The van der Waals surface area contributed by atoms with Crippen LogP contribution in [0.15, 0.2) is 29.2 Å². The summed E-state index contributed by atoms with van der Waals surface area (Å²) in [6.45, 7) is 3.42. The predicted octanol–water partition coefficient (Wildman–Crippen LogP) is 4.06.